The van der Waals surface area contributed by atoms with Gasteiger partial charge in [-0.25, -0.2) is 0 Å². The molecule has 0 aliphatic carbocycles. The van der Waals surface area contributed by atoms with Crippen molar-refractivity contribution in [2.24, 2.45) is 0 Å². The third-order valence-corrected chi connectivity index (χ3v) is 4.94. The minimum atomic E-state index is 0.0736. The van der Waals surface area contributed by atoms with E-state index < -0.39 is 0 Å². The second-order valence-electron chi connectivity index (χ2n) is 6.24. The van der Waals surface area contributed by atoms with Gasteiger partial charge in [0.2, 0.25) is 0 Å². The Morgan fingerprint density at radius 1 is 0.857 bits per heavy atom. The lowest BCUT2D eigenvalue weighted by Crippen LogP contribution is -2.05. The van der Waals surface area contributed by atoms with E-state index in [9.17, 15) is 0 Å². The highest BCUT2D eigenvalue weighted by Gasteiger charge is 2.28. The van der Waals surface area contributed by atoms with Crippen LogP contribution in [0.25, 0.3) is 0 Å². The first-order valence-corrected chi connectivity index (χ1v) is 7.56. The van der Waals surface area contributed by atoms with Crippen LogP contribution in [0.3, 0.4) is 0 Å². The summed E-state index contributed by atoms with van der Waals surface area (Å²) in [5.74, 6) is 0. The Bertz CT molecular complexity index is 731. The number of benzene rings is 2. The van der Waals surface area contributed by atoms with Gasteiger partial charge in [0.25, 0.3) is 0 Å². The molecule has 2 aromatic rings. The van der Waals surface area contributed by atoms with E-state index in [1.54, 1.807) is 0 Å². The van der Waals surface area contributed by atoms with Crippen molar-refractivity contribution in [2.75, 3.05) is 0 Å². The van der Waals surface area contributed by atoms with Gasteiger partial charge in [0.05, 0.1) is 19.8 Å². The largest absolute Gasteiger partial charge is 0.372 e. The van der Waals surface area contributed by atoms with E-state index in [-0.39, 0.29) is 6.10 Å². The van der Waals surface area contributed by atoms with Crippen molar-refractivity contribution < 1.29 is 9.47 Å². The number of fused-ring (bicyclic) bond motifs is 2. The Labute approximate surface area is 125 Å². The molecule has 0 aromatic heterocycles. The van der Waals surface area contributed by atoms with E-state index in [4.69, 9.17) is 9.47 Å². The molecule has 2 heteroatoms. The second kappa shape index (κ2) is 4.69. The van der Waals surface area contributed by atoms with Crippen molar-refractivity contribution in [3.8, 4) is 0 Å². The van der Waals surface area contributed by atoms with E-state index in [0.29, 0.717) is 6.61 Å². The van der Waals surface area contributed by atoms with Crippen LogP contribution in [0.1, 0.15) is 50.6 Å². The number of hydrogen-bond acceptors (Lipinski definition) is 2. The summed E-state index contributed by atoms with van der Waals surface area (Å²) in [6, 6.07) is 8.93. The molecule has 2 nitrogen and oxygen atoms in total. The average Bonchev–Trinajstić information content (AvgIpc) is 3.09. The van der Waals surface area contributed by atoms with Crippen LogP contribution in [0.15, 0.2) is 24.3 Å². The fourth-order valence-electron chi connectivity index (χ4n) is 3.54. The topological polar surface area (TPSA) is 18.5 Å². The monoisotopic (exact) mass is 280 g/mol. The molecule has 1 atom stereocenters. The van der Waals surface area contributed by atoms with Crippen LogP contribution in [0.2, 0.25) is 0 Å². The molecule has 108 valence electrons. The Kier molecular flexibility index (Phi) is 2.91. The van der Waals surface area contributed by atoms with Crippen LogP contribution in [0.5, 0.6) is 0 Å². The normalized spacial score (nSPS) is 19.7. The predicted octanol–water partition coefficient (Wildman–Crippen LogP) is 4.26. The minimum absolute atomic E-state index is 0.0736. The summed E-state index contributed by atoms with van der Waals surface area (Å²) in [6.07, 6.45) is 0.0736. The highest BCUT2D eigenvalue weighted by Crippen LogP contribution is 2.40. The lowest BCUT2D eigenvalue weighted by atomic mass is 9.89. The van der Waals surface area contributed by atoms with Crippen molar-refractivity contribution >= 4 is 0 Å². The van der Waals surface area contributed by atoms with Crippen LogP contribution < -0.4 is 0 Å². The lowest BCUT2D eigenvalue weighted by Gasteiger charge is -2.19. The first-order valence-electron chi connectivity index (χ1n) is 7.56. The molecular formula is C19H20O2. The first kappa shape index (κ1) is 13.1. The van der Waals surface area contributed by atoms with Gasteiger partial charge >= 0.3 is 0 Å². The third-order valence-electron chi connectivity index (χ3n) is 4.94. The number of rotatable bonds is 1. The lowest BCUT2D eigenvalue weighted by molar-refractivity contribution is 0.0933. The van der Waals surface area contributed by atoms with E-state index in [0.717, 1.165) is 13.2 Å². The number of ether oxygens (including phenoxy) is 2. The second-order valence-corrected chi connectivity index (χ2v) is 6.24. The zero-order valence-corrected chi connectivity index (χ0v) is 12.8. The minimum Gasteiger partial charge on any atom is -0.372 e. The molecular weight excluding hydrogens is 260 g/mol. The maximum atomic E-state index is 6.12. The van der Waals surface area contributed by atoms with Crippen LogP contribution in [-0.2, 0) is 29.3 Å². The SMILES string of the molecule is Cc1ccc2c(c1)C(c1cc3c(c(C)c1C)COC3)OC2. The van der Waals surface area contributed by atoms with Crippen LogP contribution >= 0.6 is 0 Å². The Morgan fingerprint density at radius 2 is 1.71 bits per heavy atom. The average molecular weight is 280 g/mol. The summed E-state index contributed by atoms with van der Waals surface area (Å²) >= 11 is 0. The van der Waals surface area contributed by atoms with Crippen molar-refractivity contribution in [3.63, 3.8) is 0 Å². The molecule has 0 spiro atoms. The van der Waals surface area contributed by atoms with E-state index in [1.165, 1.54) is 44.5 Å². The Balaban J connectivity index is 1.86. The van der Waals surface area contributed by atoms with Gasteiger partial charge in [0.1, 0.15) is 6.10 Å². The van der Waals surface area contributed by atoms with Crippen LogP contribution in [-0.4, -0.2) is 0 Å². The molecule has 1 unspecified atom stereocenters. The first-order chi connectivity index (χ1) is 10.1. The van der Waals surface area contributed by atoms with Gasteiger partial charge in [-0.2, -0.15) is 0 Å². The molecule has 21 heavy (non-hydrogen) atoms. The van der Waals surface area contributed by atoms with Gasteiger partial charge in [-0.15, -0.1) is 0 Å². The van der Waals surface area contributed by atoms with Crippen molar-refractivity contribution in [1.82, 2.24) is 0 Å². The molecule has 0 fully saturated rings. The molecule has 2 aromatic carbocycles. The predicted molar refractivity (Wildman–Crippen MR) is 82.2 cm³/mol. The maximum absolute atomic E-state index is 6.12. The molecule has 4 rings (SSSR count). The van der Waals surface area contributed by atoms with Gasteiger partial charge < -0.3 is 9.47 Å². The summed E-state index contributed by atoms with van der Waals surface area (Å²) in [7, 11) is 0. The maximum Gasteiger partial charge on any atom is 0.109 e. The number of aryl methyl sites for hydroxylation is 1. The fraction of sp³-hybridized carbons (Fsp3) is 0.368. The Hall–Kier alpha value is -1.64. The molecule has 0 N–H and O–H groups in total. The van der Waals surface area contributed by atoms with Crippen molar-refractivity contribution in [3.05, 3.63) is 68.8 Å². The smallest absolute Gasteiger partial charge is 0.109 e. The molecule has 2 aliphatic heterocycles. The van der Waals surface area contributed by atoms with Crippen molar-refractivity contribution in [2.45, 2.75) is 46.7 Å². The summed E-state index contributed by atoms with van der Waals surface area (Å²) in [6.45, 7) is 8.76. The standard InChI is InChI=1S/C19H20O2/c1-11-4-5-14-9-21-19(17(14)6-11)16-7-15-8-20-10-18(15)13(3)12(16)2/h4-7,19H,8-10H2,1-3H3. The molecule has 0 bridgehead atoms. The molecule has 0 saturated carbocycles. The van der Waals surface area contributed by atoms with Crippen LogP contribution in [0.4, 0.5) is 0 Å². The van der Waals surface area contributed by atoms with E-state index >= 15 is 0 Å². The van der Waals surface area contributed by atoms with Gasteiger partial charge in [-0.05, 0) is 65.8 Å². The summed E-state index contributed by atoms with van der Waals surface area (Å²) in [4.78, 5) is 0. The zero-order chi connectivity index (χ0) is 14.6. The van der Waals surface area contributed by atoms with E-state index in [1.807, 2.05) is 0 Å². The van der Waals surface area contributed by atoms with Gasteiger partial charge in [-0.3, -0.25) is 0 Å². The molecule has 2 aliphatic rings. The molecule has 0 saturated heterocycles. The van der Waals surface area contributed by atoms with Gasteiger partial charge in [-0.1, -0.05) is 23.8 Å². The Morgan fingerprint density at radius 3 is 2.57 bits per heavy atom. The molecule has 2 heterocycles. The van der Waals surface area contributed by atoms with Crippen molar-refractivity contribution in [1.29, 1.82) is 0 Å². The number of hydrogen-bond donors (Lipinski definition) is 0. The molecule has 0 amide bonds. The van der Waals surface area contributed by atoms with Gasteiger partial charge in [0, 0.05) is 0 Å². The summed E-state index contributed by atoms with van der Waals surface area (Å²) in [5.41, 5.74) is 10.7. The summed E-state index contributed by atoms with van der Waals surface area (Å²) < 4.78 is 11.7. The highest BCUT2D eigenvalue weighted by molar-refractivity contribution is 5.50. The highest BCUT2D eigenvalue weighted by atomic mass is 16.5. The fourth-order valence-corrected chi connectivity index (χ4v) is 3.54. The third kappa shape index (κ3) is 1.94. The van der Waals surface area contributed by atoms with Crippen LogP contribution in [0, 0.1) is 20.8 Å². The zero-order valence-electron chi connectivity index (χ0n) is 12.8. The van der Waals surface area contributed by atoms with Gasteiger partial charge in [0.15, 0.2) is 0 Å². The summed E-state index contributed by atoms with van der Waals surface area (Å²) in [5, 5.41) is 0. The quantitative estimate of drug-likeness (QED) is 0.777. The molecule has 0 radical (unpaired) electrons. The van der Waals surface area contributed by atoms with E-state index in [2.05, 4.69) is 45.0 Å².